The molecule has 0 aliphatic heterocycles. The minimum atomic E-state index is 0.937. The Hall–Kier alpha value is -4.88. The van der Waals surface area contributed by atoms with Gasteiger partial charge in [0.2, 0.25) is 0 Å². The zero-order chi connectivity index (χ0) is 25.8. The molecule has 0 unspecified atom stereocenters. The topological polar surface area (TPSA) is 13.1 Å². The summed E-state index contributed by atoms with van der Waals surface area (Å²) in [4.78, 5) is 0. The highest BCUT2D eigenvalue weighted by Gasteiger charge is 2.24. The highest BCUT2D eigenvalue weighted by Crippen LogP contribution is 2.47. The number of para-hydroxylation sites is 2. The van der Waals surface area contributed by atoms with E-state index in [4.69, 9.17) is 4.42 Å². The zero-order valence-corrected chi connectivity index (χ0v) is 21.5. The number of allylic oxidation sites excluding steroid dienone is 1. The lowest BCUT2D eigenvalue weighted by Gasteiger charge is -2.24. The van der Waals surface area contributed by atoms with Crippen LogP contribution in [-0.2, 0) is 6.42 Å². The van der Waals surface area contributed by atoms with Crippen molar-refractivity contribution in [2.45, 2.75) is 12.8 Å². The maximum Gasteiger partial charge on any atom is 0.143 e. The Morgan fingerprint density at radius 3 is 2.05 bits per heavy atom. The van der Waals surface area contributed by atoms with E-state index in [0.29, 0.717) is 0 Å². The fourth-order valence-corrected chi connectivity index (χ4v) is 6.43. The SMILES string of the molecule is C1=Cc2c(c(-c3cccc4c3oc3ccccc34)c3ccccc3c2-c2cccc(-c3ccccc3)c2)CC1. The van der Waals surface area contributed by atoms with E-state index in [1.54, 1.807) is 0 Å². The van der Waals surface area contributed by atoms with Gasteiger partial charge in [-0.05, 0) is 74.7 Å². The molecular weight excluding hydrogens is 472 g/mol. The van der Waals surface area contributed by atoms with Crippen LogP contribution in [0, 0.1) is 0 Å². The Labute approximate surface area is 227 Å². The molecule has 0 amide bonds. The second kappa shape index (κ2) is 8.85. The van der Waals surface area contributed by atoms with E-state index in [1.165, 1.54) is 66.1 Å². The van der Waals surface area contributed by atoms with Crippen LogP contribution in [0.25, 0.3) is 72.2 Å². The molecular formula is C38H26O. The summed E-state index contributed by atoms with van der Waals surface area (Å²) in [6.45, 7) is 0. The van der Waals surface area contributed by atoms with Gasteiger partial charge in [-0.3, -0.25) is 0 Å². The first-order valence-corrected chi connectivity index (χ1v) is 13.7. The average molecular weight is 499 g/mol. The van der Waals surface area contributed by atoms with E-state index in [9.17, 15) is 0 Å². The molecule has 0 saturated heterocycles. The molecule has 0 atom stereocenters. The van der Waals surface area contributed by atoms with Crippen molar-refractivity contribution in [1.29, 1.82) is 0 Å². The van der Waals surface area contributed by atoms with Crippen molar-refractivity contribution in [2.75, 3.05) is 0 Å². The van der Waals surface area contributed by atoms with E-state index < -0.39 is 0 Å². The molecule has 1 aliphatic carbocycles. The second-order valence-electron chi connectivity index (χ2n) is 10.4. The van der Waals surface area contributed by atoms with Crippen LogP contribution in [0.5, 0.6) is 0 Å². The molecule has 0 radical (unpaired) electrons. The van der Waals surface area contributed by atoms with Crippen LogP contribution in [-0.4, -0.2) is 0 Å². The Balaban J connectivity index is 1.46. The average Bonchev–Trinajstić information content (AvgIpc) is 3.39. The number of rotatable bonds is 3. The summed E-state index contributed by atoms with van der Waals surface area (Å²) in [5.41, 5.74) is 12.2. The summed E-state index contributed by atoms with van der Waals surface area (Å²) in [5, 5.41) is 4.89. The molecule has 184 valence electrons. The van der Waals surface area contributed by atoms with Gasteiger partial charge >= 0.3 is 0 Å². The normalized spacial score (nSPS) is 12.8. The van der Waals surface area contributed by atoms with Crippen LogP contribution >= 0.6 is 0 Å². The van der Waals surface area contributed by atoms with Crippen LogP contribution in [0.3, 0.4) is 0 Å². The molecule has 0 fully saturated rings. The Kier molecular flexibility index (Phi) is 5.03. The van der Waals surface area contributed by atoms with E-state index in [1.807, 2.05) is 6.07 Å². The standard InChI is InChI=1S/C38H26O/c1-2-12-25(13-3-1)26-14-10-15-27(24-26)36-29-17-4-6-19-31(29)37(32-20-7-5-18-30(32)36)34-22-11-21-33-28-16-8-9-23-35(28)39-38(33)34/h1-6,8-19,21-24H,7,20H2. The molecule has 1 aromatic heterocycles. The zero-order valence-electron chi connectivity index (χ0n) is 21.5. The predicted octanol–water partition coefficient (Wildman–Crippen LogP) is 10.7. The summed E-state index contributed by atoms with van der Waals surface area (Å²) in [5.74, 6) is 0. The van der Waals surface area contributed by atoms with Gasteiger partial charge in [0.05, 0.1) is 0 Å². The fraction of sp³-hybridized carbons (Fsp3) is 0.0526. The van der Waals surface area contributed by atoms with Gasteiger partial charge in [-0.1, -0.05) is 121 Å². The van der Waals surface area contributed by atoms with Crippen LogP contribution < -0.4 is 0 Å². The lowest BCUT2D eigenvalue weighted by atomic mass is 9.80. The van der Waals surface area contributed by atoms with Gasteiger partial charge in [0, 0.05) is 16.3 Å². The summed E-state index contributed by atoms with van der Waals surface area (Å²) < 4.78 is 6.54. The first kappa shape index (κ1) is 22.1. The molecule has 1 nitrogen and oxygen atoms in total. The van der Waals surface area contributed by atoms with E-state index in [-0.39, 0.29) is 0 Å². The molecule has 1 aliphatic rings. The minimum Gasteiger partial charge on any atom is -0.455 e. The Morgan fingerprint density at radius 1 is 0.513 bits per heavy atom. The van der Waals surface area contributed by atoms with Crippen molar-refractivity contribution < 1.29 is 4.42 Å². The molecule has 0 N–H and O–H groups in total. The van der Waals surface area contributed by atoms with Crippen LogP contribution in [0.1, 0.15) is 17.5 Å². The van der Waals surface area contributed by atoms with Gasteiger partial charge in [0.15, 0.2) is 0 Å². The molecule has 0 saturated carbocycles. The first-order valence-electron chi connectivity index (χ1n) is 13.7. The van der Waals surface area contributed by atoms with Crippen LogP contribution in [0.2, 0.25) is 0 Å². The van der Waals surface area contributed by atoms with Crippen LogP contribution in [0.15, 0.2) is 132 Å². The van der Waals surface area contributed by atoms with E-state index in [0.717, 1.165) is 24.0 Å². The van der Waals surface area contributed by atoms with Gasteiger partial charge in [0.25, 0.3) is 0 Å². The van der Waals surface area contributed by atoms with Crippen molar-refractivity contribution in [2.24, 2.45) is 0 Å². The van der Waals surface area contributed by atoms with Crippen molar-refractivity contribution in [1.82, 2.24) is 0 Å². The van der Waals surface area contributed by atoms with Gasteiger partial charge in [-0.2, -0.15) is 0 Å². The summed E-state index contributed by atoms with van der Waals surface area (Å²) >= 11 is 0. The molecule has 6 aromatic carbocycles. The fourth-order valence-electron chi connectivity index (χ4n) is 6.43. The lowest BCUT2D eigenvalue weighted by Crippen LogP contribution is -2.02. The third-order valence-corrected chi connectivity index (χ3v) is 8.14. The third kappa shape index (κ3) is 3.47. The summed E-state index contributed by atoms with van der Waals surface area (Å²) in [6, 6.07) is 43.5. The van der Waals surface area contributed by atoms with Crippen molar-refractivity contribution in [3.8, 4) is 33.4 Å². The molecule has 0 bridgehead atoms. The number of fused-ring (bicyclic) bond motifs is 5. The largest absolute Gasteiger partial charge is 0.455 e. The molecule has 8 rings (SSSR count). The van der Waals surface area contributed by atoms with E-state index in [2.05, 4.69) is 127 Å². The molecule has 0 spiro atoms. The highest BCUT2D eigenvalue weighted by atomic mass is 16.3. The van der Waals surface area contributed by atoms with Crippen molar-refractivity contribution >= 4 is 38.8 Å². The number of furan rings is 1. The number of hydrogen-bond donors (Lipinski definition) is 0. The van der Waals surface area contributed by atoms with Gasteiger partial charge in [-0.15, -0.1) is 0 Å². The van der Waals surface area contributed by atoms with Crippen LogP contribution in [0.4, 0.5) is 0 Å². The first-order chi connectivity index (χ1) is 19.4. The summed E-state index contributed by atoms with van der Waals surface area (Å²) in [7, 11) is 0. The minimum absolute atomic E-state index is 0.937. The van der Waals surface area contributed by atoms with Gasteiger partial charge < -0.3 is 4.42 Å². The second-order valence-corrected chi connectivity index (χ2v) is 10.4. The Bertz CT molecular complexity index is 2060. The monoisotopic (exact) mass is 498 g/mol. The predicted molar refractivity (Wildman–Crippen MR) is 165 cm³/mol. The van der Waals surface area contributed by atoms with Gasteiger partial charge in [0.1, 0.15) is 11.2 Å². The quantitative estimate of drug-likeness (QED) is 0.236. The molecule has 1 heteroatoms. The molecule has 1 heterocycles. The smallest absolute Gasteiger partial charge is 0.143 e. The van der Waals surface area contributed by atoms with Crippen molar-refractivity contribution in [3.05, 3.63) is 139 Å². The maximum atomic E-state index is 6.54. The van der Waals surface area contributed by atoms with Crippen molar-refractivity contribution in [3.63, 3.8) is 0 Å². The lowest BCUT2D eigenvalue weighted by molar-refractivity contribution is 0.670. The maximum absolute atomic E-state index is 6.54. The molecule has 7 aromatic rings. The van der Waals surface area contributed by atoms with Gasteiger partial charge in [-0.25, -0.2) is 0 Å². The van der Waals surface area contributed by atoms with E-state index >= 15 is 0 Å². The highest BCUT2D eigenvalue weighted by molar-refractivity contribution is 6.16. The third-order valence-electron chi connectivity index (χ3n) is 8.14. The Morgan fingerprint density at radius 2 is 1.18 bits per heavy atom. The summed E-state index contributed by atoms with van der Waals surface area (Å²) in [6.07, 6.45) is 6.72. The number of benzene rings is 6. The molecule has 39 heavy (non-hydrogen) atoms. The number of hydrogen-bond acceptors (Lipinski definition) is 1.